The number of carbonyl (C=O) groups is 1. The Balaban J connectivity index is 1.68. The largest absolute Gasteiger partial charge is 0.377 e. The molecule has 0 unspecified atom stereocenters. The molecule has 1 aliphatic rings. The van der Waals surface area contributed by atoms with Crippen molar-refractivity contribution in [3.8, 4) is 10.6 Å². The van der Waals surface area contributed by atoms with Crippen LogP contribution < -0.4 is 4.72 Å². The second-order valence-electron chi connectivity index (χ2n) is 6.05. The zero-order valence-corrected chi connectivity index (χ0v) is 15.5. The number of hydrogen-bond donors (Lipinski definition) is 1. The van der Waals surface area contributed by atoms with Crippen molar-refractivity contribution in [2.45, 2.75) is 32.3 Å². The first-order valence-corrected chi connectivity index (χ1v) is 10.7. The van der Waals surface area contributed by atoms with E-state index in [1.54, 1.807) is 5.38 Å². The van der Waals surface area contributed by atoms with Crippen molar-refractivity contribution in [3.63, 3.8) is 0 Å². The quantitative estimate of drug-likeness (QED) is 0.862. The molecule has 0 saturated carbocycles. The molecule has 134 valence electrons. The topological polar surface area (TPSA) is 85.4 Å². The Bertz CT molecular complexity index is 855. The highest BCUT2D eigenvalue weighted by molar-refractivity contribution is 7.90. The Hall–Kier alpha value is -1.77. The van der Waals surface area contributed by atoms with E-state index < -0.39 is 15.9 Å². The molecule has 1 fully saturated rings. The minimum Gasteiger partial charge on any atom is -0.377 e. The van der Waals surface area contributed by atoms with E-state index >= 15 is 0 Å². The molecule has 0 spiro atoms. The summed E-state index contributed by atoms with van der Waals surface area (Å²) >= 11 is 1.32. The third-order valence-corrected chi connectivity index (χ3v) is 6.22. The Morgan fingerprint density at radius 2 is 2.16 bits per heavy atom. The maximum atomic E-state index is 12.2. The van der Waals surface area contributed by atoms with E-state index in [2.05, 4.69) is 9.71 Å². The Labute approximate surface area is 151 Å². The minimum absolute atomic E-state index is 0.108. The lowest BCUT2D eigenvalue weighted by molar-refractivity contribution is 0.0304. The molecule has 1 saturated heterocycles. The van der Waals surface area contributed by atoms with Gasteiger partial charge in [-0.15, -0.1) is 11.3 Å². The number of benzene rings is 1. The van der Waals surface area contributed by atoms with Crippen LogP contribution in [0.4, 0.5) is 0 Å². The van der Waals surface area contributed by atoms with E-state index in [9.17, 15) is 13.2 Å². The molecule has 2 aromatic rings. The predicted octanol–water partition coefficient (Wildman–Crippen LogP) is 2.75. The molecule has 25 heavy (non-hydrogen) atoms. The van der Waals surface area contributed by atoms with E-state index in [4.69, 9.17) is 4.74 Å². The van der Waals surface area contributed by atoms with Crippen molar-refractivity contribution in [1.82, 2.24) is 9.71 Å². The molecule has 1 amide bonds. The molecule has 6 nitrogen and oxygen atoms in total. The molecular formula is C17H20N2O4S2. The maximum absolute atomic E-state index is 12.2. The van der Waals surface area contributed by atoms with E-state index in [1.807, 2.05) is 31.2 Å². The van der Waals surface area contributed by atoms with Crippen molar-refractivity contribution in [2.75, 3.05) is 12.4 Å². The van der Waals surface area contributed by atoms with Gasteiger partial charge in [-0.25, -0.2) is 18.1 Å². The summed E-state index contributed by atoms with van der Waals surface area (Å²) in [5.41, 5.74) is 2.09. The smallest absolute Gasteiger partial charge is 0.284 e. The number of carbonyl (C=O) groups excluding carboxylic acids is 1. The van der Waals surface area contributed by atoms with Crippen LogP contribution in [0.25, 0.3) is 10.6 Å². The fraction of sp³-hybridized carbons (Fsp3) is 0.412. The van der Waals surface area contributed by atoms with Crippen LogP contribution in [-0.2, 0) is 14.8 Å². The van der Waals surface area contributed by atoms with Gasteiger partial charge in [-0.3, -0.25) is 4.79 Å². The molecule has 1 aliphatic heterocycles. The summed E-state index contributed by atoms with van der Waals surface area (Å²) < 4.78 is 31.9. The predicted molar refractivity (Wildman–Crippen MR) is 97.1 cm³/mol. The molecule has 0 radical (unpaired) electrons. The number of aryl methyl sites for hydroxylation is 1. The fourth-order valence-electron chi connectivity index (χ4n) is 2.73. The molecule has 1 N–H and O–H groups in total. The first-order valence-electron chi connectivity index (χ1n) is 8.12. The number of ether oxygens (including phenoxy) is 1. The first kappa shape index (κ1) is 18.0. The van der Waals surface area contributed by atoms with E-state index in [0.717, 1.165) is 24.0 Å². The SMILES string of the molecule is Cc1ccccc1-c1nc(C(=O)NS(=O)(=O)C[C@@H]2CCCCO2)cs1. The molecule has 1 aromatic heterocycles. The number of nitrogens with one attached hydrogen (secondary N) is 1. The number of aromatic nitrogens is 1. The van der Waals surface area contributed by atoms with Crippen LogP contribution in [-0.4, -0.2) is 37.8 Å². The van der Waals surface area contributed by atoms with Gasteiger partial charge in [0.25, 0.3) is 5.91 Å². The van der Waals surface area contributed by atoms with Crippen molar-refractivity contribution >= 4 is 27.3 Å². The summed E-state index contributed by atoms with van der Waals surface area (Å²) in [5, 5.41) is 2.26. The summed E-state index contributed by atoms with van der Waals surface area (Å²) in [7, 11) is -3.75. The number of nitrogens with zero attached hydrogens (tertiary/aromatic N) is 1. The second-order valence-corrected chi connectivity index (χ2v) is 8.68. The highest BCUT2D eigenvalue weighted by atomic mass is 32.2. The maximum Gasteiger partial charge on any atom is 0.284 e. The molecule has 0 bridgehead atoms. The molecule has 2 heterocycles. The van der Waals surface area contributed by atoms with E-state index in [-0.39, 0.29) is 17.6 Å². The van der Waals surface area contributed by atoms with Crippen molar-refractivity contribution < 1.29 is 17.9 Å². The highest BCUT2D eigenvalue weighted by Gasteiger charge is 2.25. The van der Waals surface area contributed by atoms with Crippen LogP contribution >= 0.6 is 11.3 Å². The zero-order valence-electron chi connectivity index (χ0n) is 13.9. The second kappa shape index (κ2) is 7.63. The molecule has 1 atom stereocenters. The third kappa shape index (κ3) is 4.65. The Morgan fingerprint density at radius 3 is 2.88 bits per heavy atom. The highest BCUT2D eigenvalue weighted by Crippen LogP contribution is 2.26. The zero-order chi connectivity index (χ0) is 17.9. The lowest BCUT2D eigenvalue weighted by atomic mass is 10.1. The van der Waals surface area contributed by atoms with Crippen molar-refractivity contribution in [1.29, 1.82) is 0 Å². The van der Waals surface area contributed by atoms with Crippen LogP contribution in [0.1, 0.15) is 35.3 Å². The van der Waals surface area contributed by atoms with Gasteiger partial charge >= 0.3 is 0 Å². The van der Waals surface area contributed by atoms with Gasteiger partial charge in [-0.05, 0) is 31.7 Å². The number of hydrogen-bond acceptors (Lipinski definition) is 6. The molecule has 0 aliphatic carbocycles. The lowest BCUT2D eigenvalue weighted by Crippen LogP contribution is -2.38. The molecule has 8 heteroatoms. The van der Waals surface area contributed by atoms with Crippen LogP contribution in [0.15, 0.2) is 29.6 Å². The first-order chi connectivity index (χ1) is 11.9. The summed E-state index contributed by atoms with van der Waals surface area (Å²) in [5.74, 6) is -0.903. The van der Waals surface area contributed by atoms with E-state index in [0.29, 0.717) is 18.0 Å². The van der Waals surface area contributed by atoms with Gasteiger partial charge in [0.15, 0.2) is 0 Å². The third-order valence-electron chi connectivity index (χ3n) is 4.04. The van der Waals surface area contributed by atoms with Gasteiger partial charge in [-0.2, -0.15) is 0 Å². The van der Waals surface area contributed by atoms with Crippen LogP contribution in [0.2, 0.25) is 0 Å². The van der Waals surface area contributed by atoms with E-state index in [1.165, 1.54) is 11.3 Å². The van der Waals surface area contributed by atoms with Crippen LogP contribution in [0.3, 0.4) is 0 Å². The number of thiazole rings is 1. The van der Waals surface area contributed by atoms with Gasteiger partial charge in [0.2, 0.25) is 10.0 Å². The van der Waals surface area contributed by atoms with Crippen LogP contribution in [0, 0.1) is 6.92 Å². The molecule has 3 rings (SSSR count). The summed E-state index contributed by atoms with van der Waals surface area (Å²) in [6.45, 7) is 2.53. The standard InChI is InChI=1S/C17H20N2O4S2/c1-12-6-2-3-8-14(12)17-18-15(10-24-17)16(20)19-25(21,22)11-13-7-4-5-9-23-13/h2-3,6,8,10,13H,4-5,7,9,11H2,1H3,(H,19,20)/t13-/m0/s1. The number of amides is 1. The van der Waals surface area contributed by atoms with Crippen molar-refractivity contribution in [2.24, 2.45) is 0 Å². The molecule has 1 aromatic carbocycles. The average molecular weight is 380 g/mol. The average Bonchev–Trinajstić information content (AvgIpc) is 3.05. The van der Waals surface area contributed by atoms with Gasteiger partial charge in [-0.1, -0.05) is 24.3 Å². The Kier molecular flexibility index (Phi) is 5.51. The van der Waals surface area contributed by atoms with Gasteiger partial charge in [0, 0.05) is 17.6 Å². The monoisotopic (exact) mass is 380 g/mol. The van der Waals surface area contributed by atoms with Gasteiger partial charge < -0.3 is 4.74 Å². The summed E-state index contributed by atoms with van der Waals surface area (Å²) in [6, 6.07) is 7.72. The van der Waals surface area contributed by atoms with Crippen molar-refractivity contribution in [3.05, 3.63) is 40.9 Å². The number of rotatable bonds is 5. The van der Waals surface area contributed by atoms with Gasteiger partial charge in [0.05, 0.1) is 11.9 Å². The fourth-order valence-corrected chi connectivity index (χ4v) is 4.85. The lowest BCUT2D eigenvalue weighted by Gasteiger charge is -2.22. The summed E-state index contributed by atoms with van der Waals surface area (Å²) in [6.07, 6.45) is 2.24. The molecular weight excluding hydrogens is 360 g/mol. The number of sulfonamides is 1. The summed E-state index contributed by atoms with van der Waals surface area (Å²) in [4.78, 5) is 16.5. The van der Waals surface area contributed by atoms with Crippen LogP contribution in [0.5, 0.6) is 0 Å². The normalized spacial score (nSPS) is 18.0. The van der Waals surface area contributed by atoms with Gasteiger partial charge in [0.1, 0.15) is 10.7 Å². The Morgan fingerprint density at radius 1 is 1.36 bits per heavy atom. The minimum atomic E-state index is -3.75.